The van der Waals surface area contributed by atoms with Crippen LogP contribution in [-0.4, -0.2) is 61.0 Å². The van der Waals surface area contributed by atoms with Gasteiger partial charge >= 0.3 is 0 Å². The van der Waals surface area contributed by atoms with E-state index in [9.17, 15) is 14.0 Å². The van der Waals surface area contributed by atoms with Crippen LogP contribution in [0.3, 0.4) is 0 Å². The summed E-state index contributed by atoms with van der Waals surface area (Å²) in [7, 11) is 0. The van der Waals surface area contributed by atoms with Crippen molar-refractivity contribution in [2.75, 3.05) is 39.4 Å². The standard InChI is InChI=1S/C20H17Cl2FN2O4/c21-15-11-13(23)1-2-14(15)20(27)25-5-3-24(4-6-25)19(26)12-9-16(22)18-17(10-12)28-7-8-29-18/h1-2,9-11H,3-8H2. The Labute approximate surface area is 176 Å². The van der Waals surface area contributed by atoms with Crippen molar-refractivity contribution in [2.45, 2.75) is 0 Å². The molecule has 0 spiro atoms. The fourth-order valence-electron chi connectivity index (χ4n) is 3.36. The van der Waals surface area contributed by atoms with Gasteiger partial charge in [-0.2, -0.15) is 0 Å². The molecule has 0 aromatic heterocycles. The van der Waals surface area contributed by atoms with Crippen LogP contribution < -0.4 is 9.47 Å². The van der Waals surface area contributed by atoms with Crippen LogP contribution >= 0.6 is 23.2 Å². The number of ether oxygens (including phenoxy) is 2. The number of hydrogen-bond acceptors (Lipinski definition) is 4. The van der Waals surface area contributed by atoms with Gasteiger partial charge < -0.3 is 19.3 Å². The quantitative estimate of drug-likeness (QED) is 0.719. The Morgan fingerprint density at radius 3 is 2.21 bits per heavy atom. The van der Waals surface area contributed by atoms with Crippen LogP contribution in [0.2, 0.25) is 10.0 Å². The zero-order valence-electron chi connectivity index (χ0n) is 15.3. The van der Waals surface area contributed by atoms with Gasteiger partial charge in [-0.3, -0.25) is 9.59 Å². The Kier molecular flexibility index (Phi) is 5.52. The molecule has 0 saturated carbocycles. The van der Waals surface area contributed by atoms with E-state index in [-0.39, 0.29) is 22.4 Å². The minimum absolute atomic E-state index is 0.0689. The summed E-state index contributed by atoms with van der Waals surface area (Å²) in [5.41, 5.74) is 0.645. The number of fused-ring (bicyclic) bond motifs is 1. The van der Waals surface area contributed by atoms with E-state index in [2.05, 4.69) is 0 Å². The third-order valence-corrected chi connectivity index (χ3v) is 5.45. The van der Waals surface area contributed by atoms with Gasteiger partial charge in [0.1, 0.15) is 19.0 Å². The monoisotopic (exact) mass is 438 g/mol. The van der Waals surface area contributed by atoms with E-state index in [4.69, 9.17) is 32.7 Å². The molecule has 6 nitrogen and oxygen atoms in total. The van der Waals surface area contributed by atoms with Crippen molar-refractivity contribution in [3.8, 4) is 11.5 Å². The van der Waals surface area contributed by atoms with Crippen LogP contribution in [0.5, 0.6) is 11.5 Å². The molecule has 0 aliphatic carbocycles. The maximum atomic E-state index is 13.2. The fraction of sp³-hybridized carbons (Fsp3) is 0.300. The predicted molar refractivity (Wildman–Crippen MR) is 106 cm³/mol. The summed E-state index contributed by atoms with van der Waals surface area (Å²) in [6.45, 7) is 2.21. The first-order valence-corrected chi connectivity index (χ1v) is 9.82. The number of nitrogens with zero attached hydrogens (tertiary/aromatic N) is 2. The molecule has 0 N–H and O–H groups in total. The van der Waals surface area contributed by atoms with Crippen LogP contribution in [0, 0.1) is 5.82 Å². The van der Waals surface area contributed by atoms with Crippen molar-refractivity contribution < 1.29 is 23.5 Å². The molecule has 0 radical (unpaired) electrons. The topological polar surface area (TPSA) is 59.1 Å². The summed E-state index contributed by atoms with van der Waals surface area (Å²) in [5.74, 6) is -0.0896. The third-order valence-electron chi connectivity index (χ3n) is 4.86. The number of carbonyl (C=O) groups excluding carboxylic acids is 2. The summed E-state index contributed by atoms with van der Waals surface area (Å²) in [6.07, 6.45) is 0. The maximum absolute atomic E-state index is 13.2. The van der Waals surface area contributed by atoms with Crippen LogP contribution in [0.25, 0.3) is 0 Å². The van der Waals surface area contributed by atoms with E-state index >= 15 is 0 Å². The lowest BCUT2D eigenvalue weighted by Crippen LogP contribution is -2.50. The minimum atomic E-state index is -0.500. The zero-order valence-corrected chi connectivity index (χ0v) is 16.8. The number of hydrogen-bond donors (Lipinski definition) is 0. The van der Waals surface area contributed by atoms with Crippen molar-refractivity contribution in [3.63, 3.8) is 0 Å². The molecule has 2 aliphatic heterocycles. The Balaban J connectivity index is 1.44. The highest BCUT2D eigenvalue weighted by Crippen LogP contribution is 2.38. The first kappa shape index (κ1) is 19.8. The van der Waals surface area contributed by atoms with E-state index in [0.29, 0.717) is 61.5 Å². The van der Waals surface area contributed by atoms with Crippen molar-refractivity contribution >= 4 is 35.0 Å². The molecule has 2 heterocycles. The summed E-state index contributed by atoms with van der Waals surface area (Å²) < 4.78 is 24.2. The third kappa shape index (κ3) is 3.97. The summed E-state index contributed by atoms with van der Waals surface area (Å²) in [4.78, 5) is 28.8. The highest BCUT2D eigenvalue weighted by atomic mass is 35.5. The van der Waals surface area contributed by atoms with Gasteiger partial charge in [0.25, 0.3) is 11.8 Å². The van der Waals surface area contributed by atoms with Gasteiger partial charge in [-0.1, -0.05) is 23.2 Å². The fourth-order valence-corrected chi connectivity index (χ4v) is 3.88. The summed E-state index contributed by atoms with van der Waals surface area (Å²) >= 11 is 12.2. The molecule has 0 bridgehead atoms. The Morgan fingerprint density at radius 1 is 0.862 bits per heavy atom. The normalized spacial score (nSPS) is 16.0. The number of piperazine rings is 1. The van der Waals surface area contributed by atoms with E-state index in [1.165, 1.54) is 12.1 Å². The Hall–Kier alpha value is -2.51. The second-order valence-electron chi connectivity index (χ2n) is 6.69. The van der Waals surface area contributed by atoms with Gasteiger partial charge in [-0.15, -0.1) is 0 Å². The second-order valence-corrected chi connectivity index (χ2v) is 7.51. The lowest BCUT2D eigenvalue weighted by Gasteiger charge is -2.35. The predicted octanol–water partition coefficient (Wildman–Crippen LogP) is 3.50. The molecule has 4 rings (SSSR count). The van der Waals surface area contributed by atoms with Gasteiger partial charge in [0.2, 0.25) is 0 Å². The maximum Gasteiger partial charge on any atom is 0.255 e. The Morgan fingerprint density at radius 2 is 1.52 bits per heavy atom. The first-order valence-electron chi connectivity index (χ1n) is 9.07. The molecule has 1 fully saturated rings. The molecule has 152 valence electrons. The first-order chi connectivity index (χ1) is 13.9. The van der Waals surface area contributed by atoms with Crippen molar-refractivity contribution in [2.24, 2.45) is 0 Å². The van der Waals surface area contributed by atoms with E-state index in [1.807, 2.05) is 0 Å². The lowest BCUT2D eigenvalue weighted by atomic mass is 10.1. The number of benzene rings is 2. The number of halogens is 3. The molecule has 9 heteroatoms. The van der Waals surface area contributed by atoms with Crippen LogP contribution in [0.4, 0.5) is 4.39 Å². The summed E-state index contributed by atoms with van der Waals surface area (Å²) in [6, 6.07) is 6.87. The van der Waals surface area contributed by atoms with Crippen LogP contribution in [0.15, 0.2) is 30.3 Å². The van der Waals surface area contributed by atoms with Gasteiger partial charge in [0.05, 0.1) is 15.6 Å². The lowest BCUT2D eigenvalue weighted by molar-refractivity contribution is 0.0535. The molecule has 1 saturated heterocycles. The average molecular weight is 439 g/mol. The second kappa shape index (κ2) is 8.08. The molecule has 2 aromatic carbocycles. The van der Waals surface area contributed by atoms with Gasteiger partial charge in [0, 0.05) is 31.7 Å². The van der Waals surface area contributed by atoms with Crippen molar-refractivity contribution in [1.29, 1.82) is 0 Å². The highest BCUT2D eigenvalue weighted by molar-refractivity contribution is 6.34. The molecule has 0 unspecified atom stereocenters. The van der Waals surface area contributed by atoms with E-state index in [1.54, 1.807) is 21.9 Å². The molecule has 2 amide bonds. The highest BCUT2D eigenvalue weighted by Gasteiger charge is 2.28. The number of amides is 2. The molecule has 0 atom stereocenters. The Bertz CT molecular complexity index is 977. The van der Waals surface area contributed by atoms with Crippen molar-refractivity contribution in [1.82, 2.24) is 9.80 Å². The van der Waals surface area contributed by atoms with E-state index in [0.717, 1.165) is 6.07 Å². The van der Waals surface area contributed by atoms with Gasteiger partial charge in [-0.05, 0) is 30.3 Å². The molecular weight excluding hydrogens is 422 g/mol. The van der Waals surface area contributed by atoms with Gasteiger partial charge in [-0.25, -0.2) is 4.39 Å². The summed E-state index contributed by atoms with van der Waals surface area (Å²) in [5, 5.41) is 0.393. The number of carbonyl (C=O) groups is 2. The van der Waals surface area contributed by atoms with Crippen molar-refractivity contribution in [3.05, 3.63) is 57.3 Å². The zero-order chi connectivity index (χ0) is 20.5. The smallest absolute Gasteiger partial charge is 0.255 e. The van der Waals surface area contributed by atoms with Gasteiger partial charge in [0.15, 0.2) is 11.5 Å². The largest absolute Gasteiger partial charge is 0.486 e. The average Bonchev–Trinajstić information content (AvgIpc) is 2.73. The molecule has 29 heavy (non-hydrogen) atoms. The molecule has 2 aliphatic rings. The molecular formula is C20H17Cl2FN2O4. The van der Waals surface area contributed by atoms with Crippen LogP contribution in [0.1, 0.15) is 20.7 Å². The number of rotatable bonds is 2. The van der Waals surface area contributed by atoms with Crippen LogP contribution in [-0.2, 0) is 0 Å². The minimum Gasteiger partial charge on any atom is -0.486 e. The van der Waals surface area contributed by atoms with E-state index < -0.39 is 5.82 Å². The SMILES string of the molecule is O=C(c1cc(Cl)c2c(c1)OCCO2)N1CCN(C(=O)c2ccc(F)cc2Cl)CC1. The molecule has 2 aromatic rings.